The highest BCUT2D eigenvalue weighted by atomic mass is 16.4. The highest BCUT2D eigenvalue weighted by Gasteiger charge is 2.12. The predicted octanol–water partition coefficient (Wildman–Crippen LogP) is 2.22. The van der Waals surface area contributed by atoms with Crippen LogP contribution in [0.2, 0.25) is 0 Å². The Morgan fingerprint density at radius 2 is 2.06 bits per heavy atom. The highest BCUT2D eigenvalue weighted by Crippen LogP contribution is 2.21. The molecule has 5 heteroatoms. The largest absolute Gasteiger partial charge is 0.476 e. The summed E-state index contributed by atoms with van der Waals surface area (Å²) in [6, 6.07) is 9.39. The van der Waals surface area contributed by atoms with Crippen LogP contribution >= 0.6 is 0 Å². The molecule has 0 atom stereocenters. The zero-order valence-electron chi connectivity index (χ0n) is 10.3. The van der Waals surface area contributed by atoms with Crippen LogP contribution < -0.4 is 5.32 Å². The van der Waals surface area contributed by atoms with E-state index in [-0.39, 0.29) is 5.69 Å². The number of aromatic carboxylic acids is 1. The molecule has 5 nitrogen and oxygen atoms in total. The van der Waals surface area contributed by atoms with Gasteiger partial charge in [-0.2, -0.15) is 5.10 Å². The summed E-state index contributed by atoms with van der Waals surface area (Å²) in [6.45, 7) is 2.91. The first kappa shape index (κ1) is 12.2. The molecule has 1 aromatic heterocycles. The standard InChI is InChI=1S/C13H15N3O2/c1-3-14-10-6-4-9(5-7-10)12-8-11(13(17)18)15-16(12)2/h4-8,14H,3H2,1-2H3,(H,17,18). The summed E-state index contributed by atoms with van der Waals surface area (Å²) in [5, 5.41) is 16.1. The minimum absolute atomic E-state index is 0.0586. The maximum atomic E-state index is 10.9. The number of aromatic nitrogens is 2. The zero-order valence-corrected chi connectivity index (χ0v) is 10.3. The molecule has 2 aromatic rings. The van der Waals surface area contributed by atoms with Crippen molar-refractivity contribution in [2.24, 2.45) is 7.05 Å². The van der Waals surface area contributed by atoms with Crippen LogP contribution in [0.15, 0.2) is 30.3 Å². The Bertz CT molecular complexity index is 558. The number of nitrogens with one attached hydrogen (secondary N) is 1. The first-order chi connectivity index (χ1) is 8.61. The summed E-state index contributed by atoms with van der Waals surface area (Å²) < 4.78 is 1.58. The van der Waals surface area contributed by atoms with Crippen LogP contribution in [-0.4, -0.2) is 27.4 Å². The van der Waals surface area contributed by atoms with Gasteiger partial charge in [0.2, 0.25) is 0 Å². The lowest BCUT2D eigenvalue weighted by atomic mass is 10.1. The second-order valence-electron chi connectivity index (χ2n) is 3.95. The van der Waals surface area contributed by atoms with Crippen molar-refractivity contribution < 1.29 is 9.90 Å². The maximum Gasteiger partial charge on any atom is 0.356 e. The molecule has 0 radical (unpaired) electrons. The second-order valence-corrected chi connectivity index (χ2v) is 3.95. The summed E-state index contributed by atoms with van der Waals surface area (Å²) >= 11 is 0. The Kier molecular flexibility index (Phi) is 3.32. The molecule has 1 heterocycles. The summed E-state index contributed by atoms with van der Waals surface area (Å²) in [5.74, 6) is -1.01. The minimum atomic E-state index is -1.01. The first-order valence-corrected chi connectivity index (χ1v) is 5.73. The van der Waals surface area contributed by atoms with E-state index in [1.54, 1.807) is 17.8 Å². The van der Waals surface area contributed by atoms with Gasteiger partial charge >= 0.3 is 5.97 Å². The fourth-order valence-electron chi connectivity index (χ4n) is 1.80. The molecular weight excluding hydrogens is 230 g/mol. The molecule has 0 aliphatic carbocycles. The van der Waals surface area contributed by atoms with Crippen molar-refractivity contribution in [2.45, 2.75) is 6.92 Å². The van der Waals surface area contributed by atoms with E-state index in [0.717, 1.165) is 23.5 Å². The van der Waals surface area contributed by atoms with Gasteiger partial charge in [-0.15, -0.1) is 0 Å². The third kappa shape index (κ3) is 2.34. The Balaban J connectivity index is 2.33. The topological polar surface area (TPSA) is 67.2 Å². The van der Waals surface area contributed by atoms with E-state index < -0.39 is 5.97 Å². The number of rotatable bonds is 4. The van der Waals surface area contributed by atoms with Gasteiger partial charge in [0.1, 0.15) is 0 Å². The number of hydrogen-bond acceptors (Lipinski definition) is 3. The predicted molar refractivity (Wildman–Crippen MR) is 69.8 cm³/mol. The van der Waals surface area contributed by atoms with Crippen LogP contribution in [0.4, 0.5) is 5.69 Å². The number of anilines is 1. The van der Waals surface area contributed by atoms with Gasteiger partial charge in [-0.1, -0.05) is 12.1 Å². The minimum Gasteiger partial charge on any atom is -0.476 e. The zero-order chi connectivity index (χ0) is 13.1. The van der Waals surface area contributed by atoms with Crippen LogP contribution in [0.1, 0.15) is 17.4 Å². The molecule has 0 fully saturated rings. The third-order valence-corrected chi connectivity index (χ3v) is 2.66. The molecule has 0 aliphatic heterocycles. The van der Waals surface area contributed by atoms with Crippen LogP contribution in [0.3, 0.4) is 0 Å². The number of carbonyl (C=O) groups is 1. The van der Waals surface area contributed by atoms with Crippen LogP contribution in [-0.2, 0) is 7.05 Å². The number of aryl methyl sites for hydroxylation is 1. The van der Waals surface area contributed by atoms with Crippen molar-refractivity contribution in [3.05, 3.63) is 36.0 Å². The average Bonchev–Trinajstić information content (AvgIpc) is 2.73. The summed E-state index contributed by atoms with van der Waals surface area (Å²) in [7, 11) is 1.74. The molecule has 0 saturated carbocycles. The Hall–Kier alpha value is -2.30. The van der Waals surface area contributed by atoms with E-state index in [1.807, 2.05) is 31.2 Å². The molecule has 1 aromatic carbocycles. The van der Waals surface area contributed by atoms with Crippen molar-refractivity contribution in [3.8, 4) is 11.3 Å². The van der Waals surface area contributed by atoms with Crippen molar-refractivity contribution >= 4 is 11.7 Å². The van der Waals surface area contributed by atoms with Gasteiger partial charge in [-0.3, -0.25) is 4.68 Å². The molecule has 18 heavy (non-hydrogen) atoms. The van der Waals surface area contributed by atoms with E-state index in [0.29, 0.717) is 0 Å². The molecule has 0 amide bonds. The van der Waals surface area contributed by atoms with Crippen molar-refractivity contribution in [2.75, 3.05) is 11.9 Å². The number of carboxylic acid groups (broad SMARTS) is 1. The number of nitrogens with zero attached hydrogens (tertiary/aromatic N) is 2. The maximum absolute atomic E-state index is 10.9. The van der Waals surface area contributed by atoms with Gasteiger partial charge in [0.25, 0.3) is 0 Å². The van der Waals surface area contributed by atoms with E-state index in [1.165, 1.54) is 0 Å². The van der Waals surface area contributed by atoms with Crippen LogP contribution in [0, 0.1) is 0 Å². The molecule has 0 bridgehead atoms. The number of carboxylic acids is 1. The van der Waals surface area contributed by atoms with Gasteiger partial charge in [-0.05, 0) is 30.7 Å². The van der Waals surface area contributed by atoms with Gasteiger partial charge in [0.15, 0.2) is 5.69 Å². The summed E-state index contributed by atoms with van der Waals surface area (Å²) in [4.78, 5) is 10.9. The van der Waals surface area contributed by atoms with Gasteiger partial charge in [0, 0.05) is 19.3 Å². The average molecular weight is 245 g/mol. The van der Waals surface area contributed by atoms with Crippen LogP contribution in [0.25, 0.3) is 11.3 Å². The Morgan fingerprint density at radius 3 is 2.56 bits per heavy atom. The van der Waals surface area contributed by atoms with Gasteiger partial charge in [0.05, 0.1) is 5.69 Å². The SMILES string of the molecule is CCNc1ccc(-c2cc(C(=O)O)nn2C)cc1. The molecule has 0 saturated heterocycles. The Labute approximate surface area is 105 Å². The number of benzene rings is 1. The quantitative estimate of drug-likeness (QED) is 0.866. The van der Waals surface area contributed by atoms with Crippen molar-refractivity contribution in [1.82, 2.24) is 9.78 Å². The molecule has 94 valence electrons. The van der Waals surface area contributed by atoms with Crippen molar-refractivity contribution in [1.29, 1.82) is 0 Å². The molecule has 0 unspecified atom stereocenters. The smallest absolute Gasteiger partial charge is 0.356 e. The normalized spacial score (nSPS) is 10.3. The summed E-state index contributed by atoms with van der Waals surface area (Å²) in [5.41, 5.74) is 2.83. The van der Waals surface area contributed by atoms with E-state index in [2.05, 4.69) is 10.4 Å². The van der Waals surface area contributed by atoms with E-state index in [4.69, 9.17) is 5.11 Å². The first-order valence-electron chi connectivity index (χ1n) is 5.73. The lowest BCUT2D eigenvalue weighted by Crippen LogP contribution is -1.99. The fraction of sp³-hybridized carbons (Fsp3) is 0.231. The number of hydrogen-bond donors (Lipinski definition) is 2. The molecule has 2 N–H and O–H groups in total. The lowest BCUT2D eigenvalue weighted by Gasteiger charge is -2.05. The molecular formula is C13H15N3O2. The van der Waals surface area contributed by atoms with E-state index >= 15 is 0 Å². The lowest BCUT2D eigenvalue weighted by molar-refractivity contribution is 0.0689. The van der Waals surface area contributed by atoms with Crippen LogP contribution in [0.5, 0.6) is 0 Å². The fourth-order valence-corrected chi connectivity index (χ4v) is 1.80. The van der Waals surface area contributed by atoms with Gasteiger partial charge in [-0.25, -0.2) is 4.79 Å². The summed E-state index contributed by atoms with van der Waals surface area (Å²) in [6.07, 6.45) is 0. The third-order valence-electron chi connectivity index (χ3n) is 2.66. The molecule has 0 spiro atoms. The van der Waals surface area contributed by atoms with Gasteiger partial charge < -0.3 is 10.4 Å². The van der Waals surface area contributed by atoms with Crippen molar-refractivity contribution in [3.63, 3.8) is 0 Å². The molecule has 0 aliphatic rings. The Morgan fingerprint density at radius 1 is 1.39 bits per heavy atom. The monoisotopic (exact) mass is 245 g/mol. The highest BCUT2D eigenvalue weighted by molar-refractivity contribution is 5.87. The second kappa shape index (κ2) is 4.91. The van der Waals surface area contributed by atoms with E-state index in [9.17, 15) is 4.79 Å². The molecule has 2 rings (SSSR count).